The maximum atomic E-state index is 10.9. The third-order valence-electron chi connectivity index (χ3n) is 23.8. The van der Waals surface area contributed by atoms with E-state index in [0.29, 0.717) is 36.5 Å². The largest absolute Gasteiger partial charge is 0.481 e. The first-order valence-corrected chi connectivity index (χ1v) is 41.2. The molecule has 0 aliphatic rings. The zero-order chi connectivity index (χ0) is 91.0. The average molecular weight is 1580 g/mol. The third-order valence-corrected chi connectivity index (χ3v) is 23.8. The van der Waals surface area contributed by atoms with E-state index < -0.39 is 114 Å². The molecular weight excluding hydrogens is 1400 g/mol. The maximum absolute atomic E-state index is 10.9. The molecule has 110 heavy (non-hydrogen) atoms. The monoisotopic (exact) mass is 1580 g/mol. The summed E-state index contributed by atoms with van der Waals surface area (Å²) in [4.78, 5) is 107. The van der Waals surface area contributed by atoms with Gasteiger partial charge in [0.1, 0.15) is 0 Å². The molecular formula is C90H180O20. The zero-order valence-corrected chi connectivity index (χ0v) is 78.7. The lowest BCUT2D eigenvalue weighted by Gasteiger charge is -2.37. The van der Waals surface area contributed by atoms with E-state index >= 15 is 0 Å². The molecule has 0 aromatic rings. The van der Waals surface area contributed by atoms with Gasteiger partial charge in [-0.1, -0.05) is 223 Å². The molecule has 20 nitrogen and oxygen atoms in total. The molecule has 0 aromatic carbocycles. The summed E-state index contributed by atoms with van der Waals surface area (Å²) in [5.74, 6) is -4.42. The normalized spacial score (nSPS) is 14.1. The molecule has 660 valence electrons. The summed E-state index contributed by atoms with van der Waals surface area (Å²) < 4.78 is 0. The van der Waals surface area contributed by atoms with E-state index in [1.807, 2.05) is 90.0 Å². The highest BCUT2D eigenvalue weighted by Gasteiger charge is 2.43. The fourth-order valence-corrected chi connectivity index (χ4v) is 10.6. The van der Waals surface area contributed by atoms with Gasteiger partial charge in [0.05, 0.1) is 54.1 Å². The van der Waals surface area contributed by atoms with E-state index in [4.69, 9.17) is 51.1 Å². The van der Waals surface area contributed by atoms with Crippen LogP contribution in [0.2, 0.25) is 0 Å². The van der Waals surface area contributed by atoms with Crippen LogP contribution in [0, 0.1) is 106 Å². The number of carboxylic acids is 10. The van der Waals surface area contributed by atoms with Crippen LogP contribution in [0.3, 0.4) is 0 Å². The van der Waals surface area contributed by atoms with Crippen LogP contribution < -0.4 is 0 Å². The zero-order valence-electron chi connectivity index (χ0n) is 78.7. The Balaban J connectivity index is -0.000000126. The first-order valence-electron chi connectivity index (χ1n) is 41.2. The van der Waals surface area contributed by atoms with Crippen LogP contribution in [0.15, 0.2) is 0 Å². The molecule has 0 aromatic heterocycles. The fraction of sp³-hybridized carbons (Fsp3) is 0.889. The quantitative estimate of drug-likeness (QED) is 0.0257. The highest BCUT2D eigenvalue weighted by molar-refractivity contribution is 5.77. The van der Waals surface area contributed by atoms with Gasteiger partial charge in [-0.25, -0.2) is 0 Å². The molecule has 10 N–H and O–H groups in total. The summed E-state index contributed by atoms with van der Waals surface area (Å²) >= 11 is 0. The van der Waals surface area contributed by atoms with Gasteiger partial charge < -0.3 is 51.1 Å². The summed E-state index contributed by atoms with van der Waals surface area (Å²) in [6, 6.07) is 0. The van der Waals surface area contributed by atoms with Gasteiger partial charge in [0, 0.05) is 0 Å². The number of carboxylic acid groups (broad SMARTS) is 10. The number of aliphatic carboxylic acids is 10. The van der Waals surface area contributed by atoms with Crippen molar-refractivity contribution in [1.29, 1.82) is 0 Å². The van der Waals surface area contributed by atoms with Crippen molar-refractivity contribution >= 4 is 59.7 Å². The predicted octanol–water partition coefficient (Wildman–Crippen LogP) is 25.5. The second-order valence-corrected chi connectivity index (χ2v) is 38.8. The van der Waals surface area contributed by atoms with Gasteiger partial charge in [0.25, 0.3) is 0 Å². The van der Waals surface area contributed by atoms with E-state index in [1.165, 1.54) is 0 Å². The number of hydrogen-bond acceptors (Lipinski definition) is 10. The van der Waals surface area contributed by atoms with E-state index in [2.05, 4.69) is 83.1 Å². The minimum absolute atomic E-state index is 0.0852. The lowest BCUT2D eigenvalue weighted by atomic mass is 9.66. The van der Waals surface area contributed by atoms with Crippen molar-refractivity contribution in [3.05, 3.63) is 0 Å². The van der Waals surface area contributed by atoms with Crippen LogP contribution in [0.25, 0.3) is 0 Å². The van der Waals surface area contributed by atoms with Crippen LogP contribution in [-0.4, -0.2) is 111 Å². The Kier molecular flexibility index (Phi) is 65.8. The molecule has 0 aliphatic carbocycles. The van der Waals surface area contributed by atoms with E-state index in [-0.39, 0.29) is 28.6 Å². The highest BCUT2D eigenvalue weighted by atomic mass is 16.4. The van der Waals surface area contributed by atoms with Crippen molar-refractivity contribution in [1.82, 2.24) is 0 Å². The summed E-state index contributed by atoms with van der Waals surface area (Å²) in [6.07, 6.45) is 18.4. The molecule has 0 saturated heterocycles. The van der Waals surface area contributed by atoms with Crippen molar-refractivity contribution in [2.45, 2.75) is 412 Å². The maximum Gasteiger partial charge on any atom is 0.309 e. The smallest absolute Gasteiger partial charge is 0.309 e. The summed E-state index contributed by atoms with van der Waals surface area (Å²) in [6.45, 7) is 79.0. The Morgan fingerprint density at radius 1 is 0.309 bits per heavy atom. The summed E-state index contributed by atoms with van der Waals surface area (Å²) in [5, 5.41) is 88.4. The molecule has 0 heterocycles. The molecule has 6 unspecified atom stereocenters. The molecule has 0 amide bonds. The molecule has 0 bridgehead atoms. The van der Waals surface area contributed by atoms with E-state index in [0.717, 1.165) is 116 Å². The first kappa shape index (κ1) is 126. The Morgan fingerprint density at radius 3 is 0.873 bits per heavy atom. The predicted molar refractivity (Wildman–Crippen MR) is 455 cm³/mol. The third kappa shape index (κ3) is 54.4. The second kappa shape index (κ2) is 57.7. The molecule has 0 saturated carbocycles. The molecule has 0 radical (unpaired) electrons. The molecule has 0 fully saturated rings. The first-order chi connectivity index (χ1) is 48.9. The van der Waals surface area contributed by atoms with Crippen molar-refractivity contribution in [2.75, 3.05) is 0 Å². The van der Waals surface area contributed by atoms with Crippen molar-refractivity contribution in [2.24, 2.45) is 106 Å². The second-order valence-electron chi connectivity index (χ2n) is 38.8. The highest BCUT2D eigenvalue weighted by Crippen LogP contribution is 2.42. The lowest BCUT2D eigenvalue weighted by molar-refractivity contribution is -0.154. The van der Waals surface area contributed by atoms with Gasteiger partial charge in [0.2, 0.25) is 0 Å². The number of hydrogen-bond donors (Lipinski definition) is 10. The van der Waals surface area contributed by atoms with Crippen LogP contribution in [-0.2, 0) is 47.9 Å². The van der Waals surface area contributed by atoms with Crippen molar-refractivity contribution in [3.8, 4) is 0 Å². The average Bonchev–Trinajstić information content (AvgIpc) is 0.816. The summed E-state index contributed by atoms with van der Waals surface area (Å²) in [7, 11) is 0. The van der Waals surface area contributed by atoms with Crippen LogP contribution in [0.5, 0.6) is 0 Å². The van der Waals surface area contributed by atoms with Crippen molar-refractivity contribution in [3.63, 3.8) is 0 Å². The molecule has 0 spiro atoms. The Morgan fingerprint density at radius 2 is 0.682 bits per heavy atom. The van der Waals surface area contributed by atoms with Gasteiger partial charge in [-0.05, 0) is 241 Å². The van der Waals surface area contributed by atoms with Crippen LogP contribution in [0.1, 0.15) is 412 Å². The number of carbonyl (C=O) groups is 10. The van der Waals surface area contributed by atoms with Gasteiger partial charge in [-0.15, -0.1) is 0 Å². The van der Waals surface area contributed by atoms with Crippen LogP contribution >= 0.6 is 0 Å². The van der Waals surface area contributed by atoms with Gasteiger partial charge in [0.15, 0.2) is 0 Å². The number of unbranched alkanes of at least 4 members (excludes halogenated alkanes) is 3. The van der Waals surface area contributed by atoms with Gasteiger partial charge in [-0.3, -0.25) is 47.9 Å². The van der Waals surface area contributed by atoms with Gasteiger partial charge >= 0.3 is 59.7 Å². The minimum Gasteiger partial charge on any atom is -0.481 e. The van der Waals surface area contributed by atoms with Gasteiger partial charge in [-0.2, -0.15) is 0 Å². The van der Waals surface area contributed by atoms with E-state index in [1.54, 1.807) is 111 Å². The Labute approximate surface area is 674 Å². The molecule has 20 heteroatoms. The van der Waals surface area contributed by atoms with Crippen molar-refractivity contribution < 1.29 is 99.0 Å². The molecule has 6 atom stereocenters. The molecule has 0 aliphatic heterocycles. The SMILES string of the molecule is CC(C)(C)CC(C)(C)C(=O)O.CC(C)C(C)C(C)(C)C(=O)O.CC(C)CCC(C)(C)C(=O)O.CCC(C)(C)C(C)(C)C(=O)O.CCC(C)C(C)(CC)C(=O)O.CCC(C)CC(C)(C)C(=O)O.CCC(CC)C(C)(C)C(=O)O.CCCC(C)C(C)(C)C(=O)O.CCCCC(C)(CC)C(=O)O.CCCCCC(C)(C)C(=O)O. The molecule has 0 rings (SSSR count). The summed E-state index contributed by atoms with van der Waals surface area (Å²) in [5.41, 5.74) is -5.70. The topological polar surface area (TPSA) is 373 Å². The fourth-order valence-electron chi connectivity index (χ4n) is 10.6. The van der Waals surface area contributed by atoms with Crippen LogP contribution in [0.4, 0.5) is 0 Å². The minimum atomic E-state index is -0.718. The Bertz CT molecular complexity index is 2500. The van der Waals surface area contributed by atoms with E-state index in [9.17, 15) is 47.9 Å². The lowest BCUT2D eigenvalue weighted by Crippen LogP contribution is -2.39. The number of rotatable bonds is 38. The Hall–Kier alpha value is -5.30. The standard InChI is InChI=1S/10C9H18O2/c1-8(2,3)6-9(4,5)7(10)11;1-7(2)5-6-9(3,4)8(10)11;1-6-8(2,3)9(4,5)7(10)11;1-6(2)7(3)9(4,5)8(10)11;1-5-7(2)6-9(3,4)8(10)11;1-5-6-7(2)9(3,4)8(10)11;1-5-7(6-2)9(3,4)8(10)11;1-5-7(3)9(4,6-2)8(10)11;1-4-5-6-7-9(2,3)8(10)11;1-4-6-7-9(3,5-2)8(10)11/h6H2,1-5H3,(H,10,11);7H,5-6H2,1-4H3,(H,10,11);6H2,1-5H3,(H,10,11);6-7H,1-5H3,(H,10,11);4*7H,5-6H2,1-4H3,(H,10,11);2*4-7H2,1-3H3,(H,10,11).